The van der Waals surface area contributed by atoms with Crippen molar-refractivity contribution < 1.29 is 23.6 Å². The quantitative estimate of drug-likeness (QED) is 0.477. The van der Waals surface area contributed by atoms with E-state index in [0.717, 1.165) is 6.07 Å². The molecule has 104 valence electrons. The van der Waals surface area contributed by atoms with E-state index in [4.69, 9.17) is 9.47 Å². The van der Waals surface area contributed by atoms with E-state index in [2.05, 4.69) is 0 Å². The molecule has 0 radical (unpaired) electrons. The van der Waals surface area contributed by atoms with Crippen molar-refractivity contribution in [3.63, 3.8) is 0 Å². The number of benzene rings is 1. The minimum atomic E-state index is -1.11. The Balaban J connectivity index is 2.71. The molecule has 0 saturated carbocycles. The number of hydrogen-bond acceptors (Lipinski definition) is 5. The number of halogens is 1. The lowest BCUT2D eigenvalue weighted by molar-refractivity contribution is -0.387. The SMILES string of the molecule is CC(C)(C)OC(=O)COc1cccc([N+](=O)[O-])c1F. The molecule has 0 heterocycles. The summed E-state index contributed by atoms with van der Waals surface area (Å²) in [5.41, 5.74) is -1.39. The summed E-state index contributed by atoms with van der Waals surface area (Å²) in [5, 5.41) is 10.5. The first-order valence-electron chi connectivity index (χ1n) is 5.48. The van der Waals surface area contributed by atoms with Crippen LogP contribution in [0.3, 0.4) is 0 Å². The van der Waals surface area contributed by atoms with Crippen molar-refractivity contribution in [3.8, 4) is 5.75 Å². The third-order valence-electron chi connectivity index (χ3n) is 1.91. The Kier molecular flexibility index (Phi) is 4.42. The topological polar surface area (TPSA) is 78.7 Å². The van der Waals surface area contributed by atoms with Gasteiger partial charge in [0.2, 0.25) is 5.82 Å². The Morgan fingerprint density at radius 3 is 2.58 bits per heavy atom. The van der Waals surface area contributed by atoms with Crippen LogP contribution in [0.5, 0.6) is 5.75 Å². The summed E-state index contributed by atoms with van der Waals surface area (Å²) in [6, 6.07) is 3.48. The van der Waals surface area contributed by atoms with Crippen LogP contribution in [0, 0.1) is 15.9 Å². The lowest BCUT2D eigenvalue weighted by atomic mass is 10.2. The molecule has 0 bridgehead atoms. The summed E-state index contributed by atoms with van der Waals surface area (Å²) in [4.78, 5) is 21.0. The van der Waals surface area contributed by atoms with Crippen LogP contribution in [0.15, 0.2) is 18.2 Å². The van der Waals surface area contributed by atoms with E-state index in [1.54, 1.807) is 20.8 Å². The second-order valence-electron chi connectivity index (χ2n) is 4.72. The van der Waals surface area contributed by atoms with Crippen LogP contribution in [0.1, 0.15) is 20.8 Å². The van der Waals surface area contributed by atoms with Gasteiger partial charge in [-0.3, -0.25) is 10.1 Å². The zero-order chi connectivity index (χ0) is 14.6. The van der Waals surface area contributed by atoms with Crippen molar-refractivity contribution in [2.45, 2.75) is 26.4 Å². The summed E-state index contributed by atoms with van der Waals surface area (Å²) < 4.78 is 23.4. The number of rotatable bonds is 4. The van der Waals surface area contributed by atoms with Crippen LogP contribution in [0.2, 0.25) is 0 Å². The van der Waals surface area contributed by atoms with Crippen molar-refractivity contribution in [1.82, 2.24) is 0 Å². The predicted molar refractivity (Wildman–Crippen MR) is 64.4 cm³/mol. The van der Waals surface area contributed by atoms with E-state index >= 15 is 0 Å². The molecule has 6 nitrogen and oxygen atoms in total. The van der Waals surface area contributed by atoms with Gasteiger partial charge in [-0.15, -0.1) is 0 Å². The first-order chi connectivity index (χ1) is 8.70. The number of hydrogen-bond donors (Lipinski definition) is 0. The summed E-state index contributed by atoms with van der Waals surface area (Å²) >= 11 is 0. The monoisotopic (exact) mass is 271 g/mol. The molecule has 0 saturated heterocycles. The first kappa shape index (κ1) is 14.9. The summed E-state index contributed by atoms with van der Waals surface area (Å²) in [7, 11) is 0. The highest BCUT2D eigenvalue weighted by atomic mass is 19.1. The van der Waals surface area contributed by atoms with Crippen molar-refractivity contribution in [3.05, 3.63) is 34.1 Å². The maximum atomic E-state index is 13.6. The lowest BCUT2D eigenvalue weighted by Gasteiger charge is -2.19. The Hall–Kier alpha value is -2.18. The highest BCUT2D eigenvalue weighted by Crippen LogP contribution is 2.25. The van der Waals surface area contributed by atoms with Crippen LogP contribution >= 0.6 is 0 Å². The molecule has 19 heavy (non-hydrogen) atoms. The van der Waals surface area contributed by atoms with Gasteiger partial charge < -0.3 is 9.47 Å². The van der Waals surface area contributed by atoms with Crippen LogP contribution < -0.4 is 4.74 Å². The van der Waals surface area contributed by atoms with Crippen LogP contribution in [-0.2, 0) is 9.53 Å². The zero-order valence-electron chi connectivity index (χ0n) is 10.8. The molecule has 1 aromatic rings. The fraction of sp³-hybridized carbons (Fsp3) is 0.417. The van der Waals surface area contributed by atoms with Crippen molar-refractivity contribution in [2.24, 2.45) is 0 Å². The Morgan fingerprint density at radius 2 is 2.05 bits per heavy atom. The highest BCUT2D eigenvalue weighted by Gasteiger charge is 2.20. The molecule has 0 aliphatic carbocycles. The maximum Gasteiger partial charge on any atom is 0.344 e. The maximum absolute atomic E-state index is 13.6. The molecule has 0 N–H and O–H groups in total. The fourth-order valence-corrected chi connectivity index (χ4v) is 1.26. The molecule has 7 heteroatoms. The van der Waals surface area contributed by atoms with Gasteiger partial charge in [0, 0.05) is 6.07 Å². The second-order valence-corrected chi connectivity index (χ2v) is 4.72. The molecular formula is C12H14FNO5. The van der Waals surface area contributed by atoms with E-state index in [9.17, 15) is 19.3 Å². The predicted octanol–water partition coefficient (Wildman–Crippen LogP) is 2.45. The van der Waals surface area contributed by atoms with Crippen molar-refractivity contribution in [1.29, 1.82) is 0 Å². The van der Waals surface area contributed by atoms with E-state index in [1.165, 1.54) is 12.1 Å². The molecule has 0 aliphatic rings. The summed E-state index contributed by atoms with van der Waals surface area (Å²) in [6.45, 7) is 4.52. The first-order valence-corrected chi connectivity index (χ1v) is 5.48. The minimum absolute atomic E-state index is 0.361. The van der Waals surface area contributed by atoms with Gasteiger partial charge in [0.25, 0.3) is 0 Å². The smallest absolute Gasteiger partial charge is 0.344 e. The summed E-state index contributed by atoms with van der Waals surface area (Å²) in [5.74, 6) is -2.16. The molecule has 0 aromatic heterocycles. The normalized spacial score (nSPS) is 10.9. The van der Waals surface area contributed by atoms with Gasteiger partial charge in [-0.25, -0.2) is 4.79 Å². The van der Waals surface area contributed by atoms with Gasteiger partial charge in [0.15, 0.2) is 12.4 Å². The van der Waals surface area contributed by atoms with Gasteiger partial charge in [0.1, 0.15) is 5.60 Å². The number of ether oxygens (including phenoxy) is 2. The standard InChI is InChI=1S/C12H14FNO5/c1-12(2,3)19-10(15)7-18-9-6-4-5-8(11(9)13)14(16)17/h4-6H,7H2,1-3H3. The average Bonchev–Trinajstić information content (AvgIpc) is 2.24. The molecular weight excluding hydrogens is 257 g/mol. The van der Waals surface area contributed by atoms with E-state index in [0.29, 0.717) is 0 Å². The molecule has 0 unspecified atom stereocenters. The Bertz CT molecular complexity index is 495. The lowest BCUT2D eigenvalue weighted by Crippen LogP contribution is -2.27. The third-order valence-corrected chi connectivity index (χ3v) is 1.91. The van der Waals surface area contributed by atoms with Gasteiger partial charge >= 0.3 is 11.7 Å². The number of esters is 1. The van der Waals surface area contributed by atoms with E-state index in [-0.39, 0.29) is 5.75 Å². The molecule has 0 aliphatic heterocycles. The van der Waals surface area contributed by atoms with E-state index < -0.39 is 34.6 Å². The third kappa shape index (κ3) is 4.53. The van der Waals surface area contributed by atoms with Gasteiger partial charge in [-0.2, -0.15) is 4.39 Å². The number of nitro groups is 1. The van der Waals surface area contributed by atoms with Gasteiger partial charge in [-0.1, -0.05) is 6.07 Å². The van der Waals surface area contributed by atoms with Gasteiger partial charge in [-0.05, 0) is 26.8 Å². The minimum Gasteiger partial charge on any atom is -0.479 e. The van der Waals surface area contributed by atoms with E-state index in [1.807, 2.05) is 0 Å². The number of carbonyl (C=O) groups excluding carboxylic acids is 1. The van der Waals surface area contributed by atoms with Crippen molar-refractivity contribution in [2.75, 3.05) is 6.61 Å². The number of nitro benzene ring substituents is 1. The molecule has 0 amide bonds. The molecule has 0 fully saturated rings. The zero-order valence-corrected chi connectivity index (χ0v) is 10.8. The van der Waals surface area contributed by atoms with Crippen LogP contribution in [0.25, 0.3) is 0 Å². The number of nitrogens with zero attached hydrogens (tertiary/aromatic N) is 1. The average molecular weight is 271 g/mol. The Morgan fingerprint density at radius 1 is 1.42 bits per heavy atom. The second kappa shape index (κ2) is 5.64. The fourth-order valence-electron chi connectivity index (χ4n) is 1.26. The Labute approximate surface area is 109 Å². The van der Waals surface area contributed by atoms with Gasteiger partial charge in [0.05, 0.1) is 4.92 Å². The van der Waals surface area contributed by atoms with Crippen molar-refractivity contribution >= 4 is 11.7 Å². The summed E-state index contributed by atoms with van der Waals surface area (Å²) in [6.07, 6.45) is 0. The molecule has 1 rings (SSSR count). The highest BCUT2D eigenvalue weighted by molar-refractivity contribution is 5.71. The largest absolute Gasteiger partial charge is 0.479 e. The molecule has 0 atom stereocenters. The van der Waals surface area contributed by atoms with Crippen LogP contribution in [-0.4, -0.2) is 23.1 Å². The number of carbonyl (C=O) groups is 1. The molecule has 1 aromatic carbocycles. The van der Waals surface area contributed by atoms with Crippen LogP contribution in [0.4, 0.5) is 10.1 Å². The molecule has 0 spiro atoms.